The van der Waals surface area contributed by atoms with Crippen molar-refractivity contribution in [2.24, 2.45) is 0 Å². The smallest absolute Gasteiger partial charge is 0.222 e. The monoisotopic (exact) mass is 251 g/mol. The fourth-order valence-corrected chi connectivity index (χ4v) is 1.65. The summed E-state index contributed by atoms with van der Waals surface area (Å²) in [5.74, 6) is -0.465. The van der Waals surface area contributed by atoms with Crippen LogP contribution in [-0.2, 0) is 0 Å². The van der Waals surface area contributed by atoms with E-state index < -0.39 is 5.97 Å². The van der Waals surface area contributed by atoms with E-state index in [1.165, 1.54) is 29.9 Å². The Morgan fingerprint density at radius 1 is 1.28 bits per heavy atom. The quantitative estimate of drug-likeness (QED) is 0.666. The zero-order chi connectivity index (χ0) is 13.4. The number of carboxylic acids is 1. The first-order valence-corrected chi connectivity index (χ1v) is 6.45. The molecule has 0 saturated carbocycles. The summed E-state index contributed by atoms with van der Waals surface area (Å²) in [6.45, 7) is 7.04. The molecular weight excluding hydrogens is 230 g/mol. The number of carbonyl (C=O) groups excluding carboxylic acids is 1. The molecule has 0 bridgehead atoms. The fourth-order valence-electron chi connectivity index (χ4n) is 1.65. The molecule has 4 nitrogen and oxygen atoms in total. The van der Waals surface area contributed by atoms with Gasteiger partial charge in [0.05, 0.1) is 19.1 Å². The summed E-state index contributed by atoms with van der Waals surface area (Å²) in [5, 5.41) is 10.6. The van der Waals surface area contributed by atoms with Gasteiger partial charge in [0.25, 0.3) is 0 Å². The number of ether oxygens (including phenoxy) is 1. The maximum absolute atomic E-state index is 10.6. The predicted octanol–water partition coefficient (Wildman–Crippen LogP) is 0.0913. The molecule has 0 aliphatic rings. The first kappa shape index (κ1) is 14.5. The second-order valence-corrected chi connectivity index (χ2v) is 4.31. The van der Waals surface area contributed by atoms with Gasteiger partial charge in [-0.1, -0.05) is 13.3 Å². The molecule has 0 saturated heterocycles. The van der Waals surface area contributed by atoms with Crippen LogP contribution in [0.25, 0.3) is 0 Å². The minimum absolute atomic E-state index is 0.174. The van der Waals surface area contributed by atoms with Crippen LogP contribution >= 0.6 is 0 Å². The van der Waals surface area contributed by atoms with Gasteiger partial charge in [0.15, 0.2) is 0 Å². The molecule has 0 aliphatic heterocycles. The van der Waals surface area contributed by atoms with E-state index in [-0.39, 0.29) is 5.56 Å². The van der Waals surface area contributed by atoms with E-state index in [1.807, 2.05) is 0 Å². The van der Waals surface area contributed by atoms with Crippen molar-refractivity contribution in [3.05, 3.63) is 29.8 Å². The number of hydrogen-bond donors (Lipinski definition) is 1. The van der Waals surface area contributed by atoms with Gasteiger partial charge in [0, 0.05) is 0 Å². The first-order valence-electron chi connectivity index (χ1n) is 6.45. The SMILES string of the molecule is CCCC[NH+](CC)COc1ccc(C(=O)[O-])cc1. The van der Waals surface area contributed by atoms with Gasteiger partial charge in [-0.3, -0.25) is 0 Å². The Bertz CT molecular complexity index is 362. The number of benzene rings is 1. The van der Waals surface area contributed by atoms with Crippen LogP contribution in [0.1, 0.15) is 37.0 Å². The van der Waals surface area contributed by atoms with Crippen molar-refractivity contribution >= 4 is 5.97 Å². The van der Waals surface area contributed by atoms with Crippen molar-refractivity contribution in [1.82, 2.24) is 0 Å². The number of hydrogen-bond acceptors (Lipinski definition) is 3. The van der Waals surface area contributed by atoms with Crippen molar-refractivity contribution in [2.75, 3.05) is 19.8 Å². The number of quaternary nitrogens is 1. The number of unbranched alkanes of at least 4 members (excludes halogenated alkanes) is 1. The van der Waals surface area contributed by atoms with E-state index in [1.54, 1.807) is 12.1 Å². The van der Waals surface area contributed by atoms with Gasteiger partial charge in [-0.2, -0.15) is 0 Å². The maximum atomic E-state index is 10.6. The van der Waals surface area contributed by atoms with Crippen molar-refractivity contribution in [2.45, 2.75) is 26.7 Å². The highest BCUT2D eigenvalue weighted by molar-refractivity contribution is 5.85. The Hall–Kier alpha value is -1.55. The lowest BCUT2D eigenvalue weighted by atomic mass is 10.2. The third-order valence-corrected chi connectivity index (χ3v) is 2.92. The molecule has 100 valence electrons. The average Bonchev–Trinajstić information content (AvgIpc) is 2.39. The van der Waals surface area contributed by atoms with E-state index in [0.717, 1.165) is 13.1 Å². The summed E-state index contributed by atoms with van der Waals surface area (Å²) in [4.78, 5) is 12.0. The van der Waals surface area contributed by atoms with Gasteiger partial charge in [0.2, 0.25) is 6.73 Å². The number of nitrogens with one attached hydrogen (secondary N) is 1. The molecule has 0 amide bonds. The summed E-state index contributed by atoms with van der Waals surface area (Å²) in [7, 11) is 0. The van der Waals surface area contributed by atoms with E-state index in [9.17, 15) is 9.90 Å². The van der Waals surface area contributed by atoms with E-state index in [0.29, 0.717) is 12.5 Å². The van der Waals surface area contributed by atoms with Crippen LogP contribution in [0.15, 0.2) is 24.3 Å². The van der Waals surface area contributed by atoms with E-state index >= 15 is 0 Å². The molecule has 0 aromatic heterocycles. The molecule has 1 aromatic carbocycles. The van der Waals surface area contributed by atoms with E-state index in [4.69, 9.17) is 4.74 Å². The second-order valence-electron chi connectivity index (χ2n) is 4.31. The van der Waals surface area contributed by atoms with Crippen LogP contribution in [-0.4, -0.2) is 25.8 Å². The Balaban J connectivity index is 2.44. The minimum Gasteiger partial charge on any atom is -0.545 e. The highest BCUT2D eigenvalue weighted by Gasteiger charge is 2.05. The van der Waals surface area contributed by atoms with Crippen LogP contribution in [0.3, 0.4) is 0 Å². The van der Waals surface area contributed by atoms with Gasteiger partial charge in [0.1, 0.15) is 5.75 Å². The molecule has 0 radical (unpaired) electrons. The largest absolute Gasteiger partial charge is 0.545 e. The summed E-state index contributed by atoms with van der Waals surface area (Å²) in [5.41, 5.74) is 0.174. The number of rotatable bonds is 8. The summed E-state index contributed by atoms with van der Waals surface area (Å²) < 4.78 is 5.64. The number of carboxylic acid groups (broad SMARTS) is 1. The van der Waals surface area contributed by atoms with E-state index in [2.05, 4.69) is 13.8 Å². The van der Waals surface area contributed by atoms with Crippen LogP contribution in [0, 0.1) is 0 Å². The Morgan fingerprint density at radius 2 is 1.94 bits per heavy atom. The van der Waals surface area contributed by atoms with Gasteiger partial charge >= 0.3 is 0 Å². The normalized spacial score (nSPS) is 12.1. The molecule has 1 aromatic rings. The zero-order valence-corrected chi connectivity index (χ0v) is 11.1. The average molecular weight is 251 g/mol. The molecule has 0 spiro atoms. The molecule has 1 unspecified atom stereocenters. The molecule has 1 N–H and O–H groups in total. The Labute approximate surface area is 108 Å². The lowest BCUT2D eigenvalue weighted by Crippen LogP contribution is -3.12. The molecular formula is C14H21NO3. The number of aromatic carboxylic acids is 1. The molecule has 0 heterocycles. The molecule has 1 atom stereocenters. The van der Waals surface area contributed by atoms with Gasteiger partial charge in [-0.15, -0.1) is 0 Å². The molecule has 0 fully saturated rings. The molecule has 0 aliphatic carbocycles. The third-order valence-electron chi connectivity index (χ3n) is 2.92. The molecule has 4 heteroatoms. The maximum Gasteiger partial charge on any atom is 0.222 e. The minimum atomic E-state index is -1.16. The topological polar surface area (TPSA) is 53.8 Å². The Kier molecular flexibility index (Phi) is 6.22. The third kappa shape index (κ3) is 4.75. The van der Waals surface area contributed by atoms with Gasteiger partial charge < -0.3 is 19.5 Å². The van der Waals surface area contributed by atoms with Crippen LogP contribution in [0.2, 0.25) is 0 Å². The van der Waals surface area contributed by atoms with Crippen molar-refractivity contribution in [1.29, 1.82) is 0 Å². The summed E-state index contributed by atoms with van der Waals surface area (Å²) >= 11 is 0. The van der Waals surface area contributed by atoms with Crippen LogP contribution in [0.5, 0.6) is 5.75 Å². The standard InChI is InChI=1S/C14H21NO3/c1-3-5-10-15(4-2)11-18-13-8-6-12(7-9-13)14(16)17/h6-9H,3-5,10-11H2,1-2H3,(H,16,17). The van der Waals surface area contributed by atoms with Gasteiger partial charge in [-0.05, 0) is 43.2 Å². The summed E-state index contributed by atoms with van der Waals surface area (Å²) in [6.07, 6.45) is 2.37. The van der Waals surface area contributed by atoms with Crippen molar-refractivity contribution in [3.63, 3.8) is 0 Å². The molecule has 1 rings (SSSR count). The Morgan fingerprint density at radius 3 is 2.44 bits per heavy atom. The van der Waals surface area contributed by atoms with Gasteiger partial charge in [-0.25, -0.2) is 0 Å². The zero-order valence-electron chi connectivity index (χ0n) is 11.1. The summed E-state index contributed by atoms with van der Waals surface area (Å²) in [6, 6.07) is 6.33. The highest BCUT2D eigenvalue weighted by atomic mass is 16.5. The van der Waals surface area contributed by atoms with Crippen molar-refractivity contribution in [3.8, 4) is 5.75 Å². The predicted molar refractivity (Wildman–Crippen MR) is 67.5 cm³/mol. The van der Waals surface area contributed by atoms with Crippen LogP contribution in [0.4, 0.5) is 0 Å². The first-order chi connectivity index (χ1) is 8.67. The second kappa shape index (κ2) is 7.71. The molecule has 18 heavy (non-hydrogen) atoms. The van der Waals surface area contributed by atoms with Crippen molar-refractivity contribution < 1.29 is 19.5 Å². The lowest BCUT2D eigenvalue weighted by Gasteiger charge is -2.17. The highest BCUT2D eigenvalue weighted by Crippen LogP contribution is 2.10. The fraction of sp³-hybridized carbons (Fsp3) is 0.500. The number of carbonyl (C=O) groups is 1. The lowest BCUT2D eigenvalue weighted by molar-refractivity contribution is -0.914. The van der Waals surface area contributed by atoms with Crippen LogP contribution < -0.4 is 14.7 Å².